The lowest BCUT2D eigenvalue weighted by atomic mass is 10.0. The first-order chi connectivity index (χ1) is 6.50. The largest absolute Gasteiger partial charge is 0.508 e. The first-order valence-electron chi connectivity index (χ1n) is 3.95. The summed E-state index contributed by atoms with van der Waals surface area (Å²) in [6.45, 7) is 0. The molecule has 6 N–H and O–H groups in total. The van der Waals surface area contributed by atoms with E-state index in [1.54, 1.807) is 0 Å². The number of phenolic OH excluding ortho intramolecular Hbond substituents is 1. The average molecular weight is 193 g/mol. The van der Waals surface area contributed by atoms with E-state index in [0.717, 1.165) is 0 Å². The summed E-state index contributed by atoms with van der Waals surface area (Å²) in [5.41, 5.74) is 11.0. The van der Waals surface area contributed by atoms with Gasteiger partial charge in [0.2, 0.25) is 5.91 Å². The summed E-state index contributed by atoms with van der Waals surface area (Å²) >= 11 is 0. The molecule has 0 aliphatic heterocycles. The molecular formula is C9H11N3O2. The molecule has 0 radical (unpaired) electrons. The highest BCUT2D eigenvalue weighted by atomic mass is 16.3. The molecule has 0 atom stereocenters. The van der Waals surface area contributed by atoms with Gasteiger partial charge in [-0.3, -0.25) is 10.2 Å². The minimum absolute atomic E-state index is 0.0360. The number of rotatable bonds is 3. The molecule has 0 unspecified atom stereocenters. The van der Waals surface area contributed by atoms with Gasteiger partial charge in [-0.1, -0.05) is 6.07 Å². The standard InChI is InChI=1S/C9H11N3O2/c10-8(11)3-5-1-2-6(13)4-7(5)9(12)14/h1-2,4,13H,3H2,(H3,10,11)(H2,12,14). The Balaban J connectivity index is 3.14. The van der Waals surface area contributed by atoms with Gasteiger partial charge in [-0.15, -0.1) is 0 Å². The Morgan fingerprint density at radius 3 is 2.57 bits per heavy atom. The lowest BCUT2D eigenvalue weighted by molar-refractivity contribution is 0.0999. The second-order valence-corrected chi connectivity index (χ2v) is 2.91. The van der Waals surface area contributed by atoms with Crippen molar-refractivity contribution in [2.75, 3.05) is 0 Å². The number of aromatic hydroxyl groups is 1. The molecule has 0 aromatic heterocycles. The Hall–Kier alpha value is -2.04. The topological polar surface area (TPSA) is 113 Å². The SMILES string of the molecule is N=C(N)Cc1ccc(O)cc1C(N)=O. The van der Waals surface area contributed by atoms with Crippen molar-refractivity contribution in [2.45, 2.75) is 6.42 Å². The quantitative estimate of drug-likeness (QED) is 0.399. The summed E-state index contributed by atoms with van der Waals surface area (Å²) in [6, 6.07) is 4.21. The summed E-state index contributed by atoms with van der Waals surface area (Å²) in [4.78, 5) is 11.0. The van der Waals surface area contributed by atoms with Gasteiger partial charge in [0.15, 0.2) is 0 Å². The lowest BCUT2D eigenvalue weighted by Crippen LogP contribution is -2.18. The van der Waals surface area contributed by atoms with Crippen molar-refractivity contribution in [3.63, 3.8) is 0 Å². The predicted molar refractivity (Wildman–Crippen MR) is 52.2 cm³/mol. The molecule has 0 saturated heterocycles. The third-order valence-corrected chi connectivity index (χ3v) is 1.74. The molecule has 0 aliphatic carbocycles. The van der Waals surface area contributed by atoms with Crippen molar-refractivity contribution in [1.82, 2.24) is 0 Å². The molecule has 0 fully saturated rings. The third-order valence-electron chi connectivity index (χ3n) is 1.74. The molecule has 0 bridgehead atoms. The van der Waals surface area contributed by atoms with Crippen LogP contribution in [0.4, 0.5) is 0 Å². The molecule has 1 aromatic rings. The van der Waals surface area contributed by atoms with E-state index < -0.39 is 5.91 Å². The van der Waals surface area contributed by atoms with Crippen molar-refractivity contribution >= 4 is 11.7 Å². The Labute approximate surface area is 80.8 Å². The van der Waals surface area contributed by atoms with Gasteiger partial charge in [-0.2, -0.15) is 0 Å². The van der Waals surface area contributed by atoms with E-state index >= 15 is 0 Å². The van der Waals surface area contributed by atoms with Crippen LogP contribution in [0.5, 0.6) is 5.75 Å². The van der Waals surface area contributed by atoms with E-state index in [-0.39, 0.29) is 23.6 Å². The van der Waals surface area contributed by atoms with Crippen molar-refractivity contribution < 1.29 is 9.90 Å². The summed E-state index contributed by atoms with van der Waals surface area (Å²) in [7, 11) is 0. The molecular weight excluding hydrogens is 182 g/mol. The second-order valence-electron chi connectivity index (χ2n) is 2.91. The van der Waals surface area contributed by atoms with Gasteiger partial charge < -0.3 is 16.6 Å². The zero-order chi connectivity index (χ0) is 10.7. The monoisotopic (exact) mass is 193 g/mol. The van der Waals surface area contributed by atoms with E-state index in [0.29, 0.717) is 5.56 Å². The number of amides is 1. The fourth-order valence-electron chi connectivity index (χ4n) is 1.15. The number of phenols is 1. The molecule has 0 saturated carbocycles. The van der Waals surface area contributed by atoms with E-state index in [4.69, 9.17) is 22.0 Å². The summed E-state index contributed by atoms with van der Waals surface area (Å²) in [5.74, 6) is -0.735. The summed E-state index contributed by atoms with van der Waals surface area (Å²) < 4.78 is 0. The van der Waals surface area contributed by atoms with Crippen LogP contribution >= 0.6 is 0 Å². The number of hydrogen-bond donors (Lipinski definition) is 4. The molecule has 0 aliphatic rings. The number of nitrogens with two attached hydrogens (primary N) is 2. The summed E-state index contributed by atoms with van der Waals surface area (Å²) in [6.07, 6.45) is 0.151. The van der Waals surface area contributed by atoms with Crippen molar-refractivity contribution in [3.05, 3.63) is 29.3 Å². The van der Waals surface area contributed by atoms with Crippen LogP contribution in [-0.4, -0.2) is 16.8 Å². The molecule has 0 spiro atoms. The maximum absolute atomic E-state index is 11.0. The number of carbonyl (C=O) groups excluding carboxylic acids is 1. The molecule has 14 heavy (non-hydrogen) atoms. The van der Waals surface area contributed by atoms with Crippen LogP contribution in [0.15, 0.2) is 18.2 Å². The van der Waals surface area contributed by atoms with Gasteiger partial charge in [-0.05, 0) is 17.7 Å². The van der Waals surface area contributed by atoms with E-state index in [1.165, 1.54) is 18.2 Å². The number of benzene rings is 1. The van der Waals surface area contributed by atoms with Crippen LogP contribution in [0.3, 0.4) is 0 Å². The highest BCUT2D eigenvalue weighted by Crippen LogP contribution is 2.16. The smallest absolute Gasteiger partial charge is 0.249 e. The number of amidine groups is 1. The van der Waals surface area contributed by atoms with Crippen LogP contribution in [0.2, 0.25) is 0 Å². The van der Waals surface area contributed by atoms with Crippen molar-refractivity contribution in [2.24, 2.45) is 11.5 Å². The highest BCUT2D eigenvalue weighted by molar-refractivity contribution is 5.96. The first-order valence-corrected chi connectivity index (χ1v) is 3.95. The van der Waals surface area contributed by atoms with Crippen LogP contribution in [0.25, 0.3) is 0 Å². The highest BCUT2D eigenvalue weighted by Gasteiger charge is 2.09. The lowest BCUT2D eigenvalue weighted by Gasteiger charge is -2.05. The molecule has 1 amide bonds. The Bertz CT molecular complexity index is 388. The molecule has 0 heterocycles. The van der Waals surface area contributed by atoms with E-state index in [1.807, 2.05) is 0 Å². The minimum Gasteiger partial charge on any atom is -0.508 e. The fourth-order valence-corrected chi connectivity index (χ4v) is 1.15. The first kappa shape index (κ1) is 10.0. The molecule has 5 nitrogen and oxygen atoms in total. The predicted octanol–water partition coefficient (Wildman–Crippen LogP) is -0.0304. The van der Waals surface area contributed by atoms with Crippen LogP contribution in [0, 0.1) is 5.41 Å². The summed E-state index contributed by atoms with van der Waals surface area (Å²) in [5, 5.41) is 16.2. The normalized spacial score (nSPS) is 9.71. The van der Waals surface area contributed by atoms with Crippen LogP contribution in [0.1, 0.15) is 15.9 Å². The van der Waals surface area contributed by atoms with Crippen LogP contribution < -0.4 is 11.5 Å². The van der Waals surface area contributed by atoms with Gasteiger partial charge in [0, 0.05) is 12.0 Å². The number of nitrogens with one attached hydrogen (secondary N) is 1. The van der Waals surface area contributed by atoms with Gasteiger partial charge in [0.25, 0.3) is 0 Å². The second kappa shape index (κ2) is 3.78. The average Bonchev–Trinajstić information content (AvgIpc) is 2.07. The molecule has 74 valence electrons. The number of carbonyl (C=O) groups is 1. The van der Waals surface area contributed by atoms with Crippen molar-refractivity contribution in [3.8, 4) is 5.75 Å². The zero-order valence-electron chi connectivity index (χ0n) is 7.45. The molecule has 1 rings (SSSR count). The number of hydrogen-bond acceptors (Lipinski definition) is 3. The number of primary amides is 1. The Morgan fingerprint density at radius 1 is 1.43 bits per heavy atom. The Kier molecular flexibility index (Phi) is 2.71. The van der Waals surface area contributed by atoms with E-state index in [9.17, 15) is 4.79 Å². The van der Waals surface area contributed by atoms with Gasteiger partial charge in [0.05, 0.1) is 5.84 Å². The van der Waals surface area contributed by atoms with Crippen molar-refractivity contribution in [1.29, 1.82) is 5.41 Å². The van der Waals surface area contributed by atoms with E-state index in [2.05, 4.69) is 0 Å². The third kappa shape index (κ3) is 2.22. The van der Waals surface area contributed by atoms with Gasteiger partial charge in [-0.25, -0.2) is 0 Å². The maximum atomic E-state index is 11.0. The molecule has 5 heteroatoms. The minimum atomic E-state index is -0.642. The zero-order valence-corrected chi connectivity index (χ0v) is 7.45. The fraction of sp³-hybridized carbons (Fsp3) is 0.111. The molecule has 1 aromatic carbocycles. The maximum Gasteiger partial charge on any atom is 0.249 e. The van der Waals surface area contributed by atoms with Gasteiger partial charge >= 0.3 is 0 Å². The van der Waals surface area contributed by atoms with Gasteiger partial charge in [0.1, 0.15) is 5.75 Å². The van der Waals surface area contributed by atoms with Crippen LogP contribution in [-0.2, 0) is 6.42 Å². The Morgan fingerprint density at radius 2 is 2.07 bits per heavy atom.